The van der Waals surface area contributed by atoms with Crippen LogP contribution < -0.4 is 9.64 Å². The lowest BCUT2D eigenvalue weighted by Gasteiger charge is -2.25. The maximum atomic E-state index is 14.5. The first-order valence-corrected chi connectivity index (χ1v) is 11.3. The maximum Gasteiger partial charge on any atom is 0.256 e. The lowest BCUT2D eigenvalue weighted by atomic mass is 10.1. The molecule has 8 nitrogen and oxygen atoms in total. The number of alkyl halides is 2. The molecule has 0 radical (unpaired) electrons. The van der Waals surface area contributed by atoms with Gasteiger partial charge in [-0.05, 0) is 44.0 Å². The minimum atomic E-state index is -2.78. The average molecular weight is 496 g/mol. The number of imidazole rings is 1. The van der Waals surface area contributed by atoms with E-state index in [1.165, 1.54) is 22.9 Å². The molecule has 0 saturated heterocycles. The van der Waals surface area contributed by atoms with Gasteiger partial charge in [0.1, 0.15) is 23.3 Å². The number of carbonyl (C=O) groups is 1. The van der Waals surface area contributed by atoms with Crippen molar-refractivity contribution >= 4 is 11.6 Å². The number of rotatable bonds is 6. The molecule has 5 rings (SSSR count). The van der Waals surface area contributed by atoms with Crippen LogP contribution in [0.2, 0.25) is 0 Å². The Hall–Kier alpha value is -4.15. The second-order valence-electron chi connectivity index (χ2n) is 8.52. The van der Waals surface area contributed by atoms with Crippen LogP contribution >= 0.6 is 0 Å². The first kappa shape index (κ1) is 23.6. The monoisotopic (exact) mass is 496 g/mol. The molecule has 1 atom stereocenters. The third kappa shape index (κ3) is 4.32. The number of nitrogens with zero attached hydrogens (tertiary/aromatic N) is 6. The molecule has 1 aliphatic heterocycles. The standard InChI is InChI=1S/C25H23F3N6O2/c1-15-11-32(14-29-15)21-8-6-16(10-23(21)36-2)19-12-34(31-30-19)22-9-7-17-18(26)4-3-5-20(17)33(25(22)35)13-24(27)28/h3-6,8,10-12,14,22,24H,7,9,13H2,1-2H3. The topological polar surface area (TPSA) is 78.1 Å². The molecule has 11 heteroatoms. The molecule has 0 fully saturated rings. The number of hydrogen-bond acceptors (Lipinski definition) is 5. The van der Waals surface area contributed by atoms with Crippen LogP contribution in [0.5, 0.6) is 5.75 Å². The van der Waals surface area contributed by atoms with Gasteiger partial charge < -0.3 is 14.2 Å². The van der Waals surface area contributed by atoms with Gasteiger partial charge in [-0.25, -0.2) is 22.8 Å². The number of aromatic nitrogens is 5. The third-order valence-electron chi connectivity index (χ3n) is 6.22. The van der Waals surface area contributed by atoms with Crippen LogP contribution in [0.3, 0.4) is 0 Å². The molecule has 0 aliphatic carbocycles. The number of amides is 1. The molecule has 1 unspecified atom stereocenters. The van der Waals surface area contributed by atoms with Gasteiger partial charge in [-0.2, -0.15) is 0 Å². The molecular weight excluding hydrogens is 473 g/mol. The quantitative estimate of drug-likeness (QED) is 0.396. The lowest BCUT2D eigenvalue weighted by Crippen LogP contribution is -2.39. The second kappa shape index (κ2) is 9.48. The molecule has 0 saturated carbocycles. The van der Waals surface area contributed by atoms with Crippen LogP contribution in [0.1, 0.15) is 23.7 Å². The highest BCUT2D eigenvalue weighted by Crippen LogP contribution is 2.34. The predicted octanol–water partition coefficient (Wildman–Crippen LogP) is 4.37. The van der Waals surface area contributed by atoms with Crippen molar-refractivity contribution in [2.75, 3.05) is 18.6 Å². The Labute approximate surface area is 204 Å². The fourth-order valence-corrected chi connectivity index (χ4v) is 4.49. The molecule has 2 aromatic heterocycles. The molecule has 3 heterocycles. The van der Waals surface area contributed by atoms with Crippen molar-refractivity contribution in [1.82, 2.24) is 24.5 Å². The SMILES string of the molecule is COc1cc(-c2cn(C3CCc4c(F)cccc4N(CC(F)F)C3=O)nn2)ccc1-n1cnc(C)c1. The van der Waals surface area contributed by atoms with Crippen molar-refractivity contribution < 1.29 is 22.7 Å². The van der Waals surface area contributed by atoms with Gasteiger partial charge in [0.05, 0.1) is 43.2 Å². The van der Waals surface area contributed by atoms with Gasteiger partial charge in [-0.15, -0.1) is 5.10 Å². The first-order chi connectivity index (χ1) is 17.4. The van der Waals surface area contributed by atoms with Gasteiger partial charge in [0.2, 0.25) is 0 Å². The fourth-order valence-electron chi connectivity index (χ4n) is 4.49. The zero-order valence-electron chi connectivity index (χ0n) is 19.6. The van der Waals surface area contributed by atoms with Gasteiger partial charge in [0.15, 0.2) is 0 Å². The van der Waals surface area contributed by atoms with Gasteiger partial charge in [0, 0.05) is 17.3 Å². The Morgan fingerprint density at radius 3 is 2.72 bits per heavy atom. The summed E-state index contributed by atoms with van der Waals surface area (Å²) in [7, 11) is 1.56. The number of methoxy groups -OCH3 is 1. The minimum Gasteiger partial charge on any atom is -0.495 e. The fraction of sp³-hybridized carbons (Fsp3) is 0.280. The van der Waals surface area contributed by atoms with Crippen LogP contribution in [0.25, 0.3) is 16.9 Å². The van der Waals surface area contributed by atoms with E-state index in [-0.39, 0.29) is 24.1 Å². The molecule has 4 aromatic rings. The van der Waals surface area contributed by atoms with Crippen molar-refractivity contribution in [3.8, 4) is 22.7 Å². The van der Waals surface area contributed by atoms with Crippen molar-refractivity contribution in [3.05, 3.63) is 72.2 Å². The third-order valence-corrected chi connectivity index (χ3v) is 6.22. The summed E-state index contributed by atoms with van der Waals surface area (Å²) in [5, 5.41) is 8.34. The number of halogens is 3. The summed E-state index contributed by atoms with van der Waals surface area (Å²) in [6, 6.07) is 8.74. The largest absolute Gasteiger partial charge is 0.495 e. The minimum absolute atomic E-state index is 0.165. The van der Waals surface area contributed by atoms with Crippen molar-refractivity contribution in [2.24, 2.45) is 0 Å². The van der Waals surface area contributed by atoms with Crippen LogP contribution in [0.4, 0.5) is 18.9 Å². The van der Waals surface area contributed by atoms with E-state index in [9.17, 15) is 18.0 Å². The molecule has 186 valence electrons. The zero-order chi connectivity index (χ0) is 25.4. The van der Waals surface area contributed by atoms with Gasteiger partial charge in [0.25, 0.3) is 12.3 Å². The Balaban J connectivity index is 1.47. The van der Waals surface area contributed by atoms with E-state index in [0.717, 1.165) is 16.3 Å². The van der Waals surface area contributed by atoms with E-state index < -0.39 is 30.7 Å². The average Bonchev–Trinajstić information content (AvgIpc) is 3.49. The van der Waals surface area contributed by atoms with E-state index >= 15 is 0 Å². The molecular formula is C25H23F3N6O2. The molecule has 1 aliphatic rings. The molecule has 0 N–H and O–H groups in total. The van der Waals surface area contributed by atoms with E-state index in [4.69, 9.17) is 4.74 Å². The number of aryl methyl sites for hydroxylation is 1. The Bertz CT molecular complexity index is 1420. The number of benzene rings is 2. The van der Waals surface area contributed by atoms with Crippen LogP contribution in [0.15, 0.2) is 55.1 Å². The highest BCUT2D eigenvalue weighted by Gasteiger charge is 2.35. The molecule has 0 bridgehead atoms. The predicted molar refractivity (Wildman–Crippen MR) is 126 cm³/mol. The Kier molecular flexibility index (Phi) is 6.21. The van der Waals surface area contributed by atoms with Gasteiger partial charge in [-0.1, -0.05) is 17.3 Å². The van der Waals surface area contributed by atoms with Crippen LogP contribution in [0, 0.1) is 12.7 Å². The number of ether oxygens (including phenoxy) is 1. The van der Waals surface area contributed by atoms with E-state index in [2.05, 4.69) is 15.3 Å². The molecule has 36 heavy (non-hydrogen) atoms. The van der Waals surface area contributed by atoms with Gasteiger partial charge in [-0.3, -0.25) is 4.79 Å². The molecule has 2 aromatic carbocycles. The van der Waals surface area contributed by atoms with Crippen molar-refractivity contribution in [3.63, 3.8) is 0 Å². The summed E-state index contributed by atoms with van der Waals surface area (Å²) in [6.07, 6.45) is 2.76. The Morgan fingerprint density at radius 2 is 2.00 bits per heavy atom. The zero-order valence-corrected chi connectivity index (χ0v) is 19.6. The van der Waals surface area contributed by atoms with Crippen molar-refractivity contribution in [2.45, 2.75) is 32.2 Å². The highest BCUT2D eigenvalue weighted by atomic mass is 19.3. The van der Waals surface area contributed by atoms with E-state index in [1.807, 2.05) is 29.8 Å². The number of hydrogen-bond donors (Lipinski definition) is 0. The van der Waals surface area contributed by atoms with Gasteiger partial charge >= 0.3 is 0 Å². The summed E-state index contributed by atoms with van der Waals surface area (Å²) in [5.41, 5.74) is 3.22. The summed E-state index contributed by atoms with van der Waals surface area (Å²) in [4.78, 5) is 18.5. The van der Waals surface area contributed by atoms with E-state index in [1.54, 1.807) is 25.7 Å². The maximum absolute atomic E-state index is 14.5. The van der Waals surface area contributed by atoms with Crippen LogP contribution in [-0.4, -0.2) is 50.5 Å². The summed E-state index contributed by atoms with van der Waals surface area (Å²) < 4.78 is 50.0. The van der Waals surface area contributed by atoms with E-state index in [0.29, 0.717) is 17.0 Å². The smallest absolute Gasteiger partial charge is 0.256 e. The normalized spacial score (nSPS) is 15.8. The first-order valence-electron chi connectivity index (χ1n) is 11.3. The summed E-state index contributed by atoms with van der Waals surface area (Å²) in [5.74, 6) is -0.529. The number of fused-ring (bicyclic) bond motifs is 1. The lowest BCUT2D eigenvalue weighted by molar-refractivity contribution is -0.122. The Morgan fingerprint density at radius 1 is 1.17 bits per heavy atom. The second-order valence-corrected chi connectivity index (χ2v) is 8.52. The number of anilines is 1. The van der Waals surface area contributed by atoms with Crippen molar-refractivity contribution in [1.29, 1.82) is 0 Å². The number of carbonyl (C=O) groups excluding carboxylic acids is 1. The molecule has 1 amide bonds. The van der Waals surface area contributed by atoms with Crippen LogP contribution in [-0.2, 0) is 11.2 Å². The highest BCUT2D eigenvalue weighted by molar-refractivity contribution is 5.97. The summed E-state index contributed by atoms with van der Waals surface area (Å²) >= 11 is 0. The summed E-state index contributed by atoms with van der Waals surface area (Å²) in [6.45, 7) is 1.06. The molecule has 0 spiro atoms.